The molecule has 0 radical (unpaired) electrons. The molecule has 1 aromatic heterocycles. The molecule has 18 heteroatoms. The molecule has 0 saturated carbocycles. The van der Waals surface area contributed by atoms with Gasteiger partial charge in [-0.2, -0.15) is 26.9 Å². The summed E-state index contributed by atoms with van der Waals surface area (Å²) in [7, 11) is -8.91. The second kappa shape index (κ2) is 14.6. The predicted molar refractivity (Wildman–Crippen MR) is 167 cm³/mol. The van der Waals surface area contributed by atoms with E-state index < -0.39 is 42.6 Å². The largest absolute Gasteiger partial charge is 0.461 e. The highest BCUT2D eigenvalue weighted by molar-refractivity contribution is 7.86. The lowest BCUT2D eigenvalue weighted by atomic mass is 10.1. The van der Waals surface area contributed by atoms with Gasteiger partial charge in [0.05, 0.1) is 51.2 Å². The van der Waals surface area contributed by atoms with Crippen molar-refractivity contribution in [3.63, 3.8) is 0 Å². The minimum Gasteiger partial charge on any atom is -0.461 e. The highest BCUT2D eigenvalue weighted by Crippen LogP contribution is 2.26. The fourth-order valence-electron chi connectivity index (χ4n) is 4.13. The van der Waals surface area contributed by atoms with Crippen molar-refractivity contribution in [1.29, 1.82) is 0 Å². The maximum Gasteiger partial charge on any atom is 0.359 e. The van der Waals surface area contributed by atoms with E-state index in [2.05, 4.69) is 10.2 Å². The maximum atomic E-state index is 13.3. The van der Waals surface area contributed by atoms with Gasteiger partial charge in [0.2, 0.25) is 0 Å². The molecule has 2 aromatic carbocycles. The zero-order chi connectivity index (χ0) is 34.4. The molecule has 3 aromatic rings. The van der Waals surface area contributed by atoms with Crippen molar-refractivity contribution in [2.75, 3.05) is 18.2 Å². The molecule has 0 spiro atoms. The van der Waals surface area contributed by atoms with Crippen LogP contribution >= 0.6 is 0 Å². The fourth-order valence-corrected chi connectivity index (χ4v) is 5.09. The van der Waals surface area contributed by atoms with Gasteiger partial charge in [-0.15, -0.1) is 0 Å². The first-order chi connectivity index (χ1) is 22.3. The molecule has 0 bridgehead atoms. The number of hydrazone groups is 1. The van der Waals surface area contributed by atoms with E-state index in [9.17, 15) is 40.3 Å². The van der Waals surface area contributed by atoms with Crippen LogP contribution in [-0.2, 0) is 50.9 Å². The summed E-state index contributed by atoms with van der Waals surface area (Å²) in [6.07, 6.45) is 7.11. The van der Waals surface area contributed by atoms with Crippen LogP contribution in [0.1, 0.15) is 25.1 Å². The third kappa shape index (κ3) is 8.25. The first-order valence-corrected chi connectivity index (χ1v) is 16.5. The summed E-state index contributed by atoms with van der Waals surface area (Å²) in [5.41, 5.74) is -0.100. The quantitative estimate of drug-likeness (QED) is 0.0448. The van der Waals surface area contributed by atoms with E-state index in [-0.39, 0.29) is 52.9 Å². The van der Waals surface area contributed by atoms with Crippen LogP contribution in [-0.4, -0.2) is 66.5 Å². The smallest absolute Gasteiger partial charge is 0.359 e. The minimum atomic E-state index is -4.47. The number of hydrogen-bond donors (Lipinski definition) is 3. The summed E-state index contributed by atoms with van der Waals surface area (Å²) in [6.45, 7) is 3.38. The SMILES string of the molecule is CCOOCc1[nH]n(-c2ccc(S(=O)(=O)O)cc2)c(=O)c1C=CC=CC=C1C(=O)N(c2ccc(S(=O)(=O)O)cc2)N=C1C(=O)OCC. The second-order valence-electron chi connectivity index (χ2n) is 9.36. The number of anilines is 1. The maximum absolute atomic E-state index is 13.3. The molecule has 1 amide bonds. The summed E-state index contributed by atoms with van der Waals surface area (Å²) in [4.78, 5) is 48.3. The van der Waals surface area contributed by atoms with Crippen LogP contribution in [0.5, 0.6) is 0 Å². The van der Waals surface area contributed by atoms with E-state index in [1.165, 1.54) is 54.6 Å². The second-order valence-corrected chi connectivity index (χ2v) is 12.2. The van der Waals surface area contributed by atoms with Gasteiger partial charge in [0.15, 0.2) is 5.71 Å². The Balaban J connectivity index is 1.62. The Morgan fingerprint density at radius 2 is 1.45 bits per heavy atom. The molecule has 4 rings (SSSR count). The molecule has 47 heavy (non-hydrogen) atoms. The summed E-state index contributed by atoms with van der Waals surface area (Å²) in [5, 5.41) is 7.81. The van der Waals surface area contributed by atoms with E-state index >= 15 is 0 Å². The zero-order valence-corrected chi connectivity index (χ0v) is 26.4. The van der Waals surface area contributed by atoms with Gasteiger partial charge in [-0.1, -0.05) is 18.2 Å². The molecule has 0 fully saturated rings. The van der Waals surface area contributed by atoms with Crippen LogP contribution in [0.2, 0.25) is 0 Å². The first kappa shape index (κ1) is 34.9. The van der Waals surface area contributed by atoms with Crippen molar-refractivity contribution >= 4 is 49.6 Å². The van der Waals surface area contributed by atoms with E-state index in [4.69, 9.17) is 14.5 Å². The Hall–Kier alpha value is -4.98. The highest BCUT2D eigenvalue weighted by atomic mass is 32.2. The van der Waals surface area contributed by atoms with Gasteiger partial charge in [0.25, 0.3) is 31.7 Å². The van der Waals surface area contributed by atoms with E-state index in [1.54, 1.807) is 13.8 Å². The number of nitrogens with zero attached hydrogens (tertiary/aromatic N) is 3. The van der Waals surface area contributed by atoms with Crippen molar-refractivity contribution in [2.24, 2.45) is 5.10 Å². The Morgan fingerprint density at radius 3 is 2.00 bits per heavy atom. The van der Waals surface area contributed by atoms with Crippen molar-refractivity contribution in [1.82, 2.24) is 9.78 Å². The molecule has 0 atom stereocenters. The van der Waals surface area contributed by atoms with Gasteiger partial charge >= 0.3 is 5.97 Å². The number of carbonyl (C=O) groups excluding carboxylic acids is 2. The number of esters is 1. The van der Waals surface area contributed by atoms with E-state index in [0.29, 0.717) is 5.69 Å². The predicted octanol–water partition coefficient (Wildman–Crippen LogP) is 2.59. The van der Waals surface area contributed by atoms with E-state index in [0.717, 1.165) is 34.0 Å². The summed E-state index contributed by atoms with van der Waals surface area (Å²) in [5.74, 6) is -1.59. The van der Waals surface area contributed by atoms with Gasteiger partial charge in [0, 0.05) is 0 Å². The molecule has 0 saturated heterocycles. The van der Waals surface area contributed by atoms with Gasteiger partial charge in [-0.05, 0) is 74.5 Å². The molecule has 2 heterocycles. The molecule has 1 aliphatic rings. The number of hydrogen-bond acceptors (Lipinski definition) is 11. The summed E-state index contributed by atoms with van der Waals surface area (Å²) < 4.78 is 70.1. The van der Waals surface area contributed by atoms with E-state index in [1.807, 2.05) is 0 Å². The Kier molecular flexibility index (Phi) is 10.9. The number of aromatic nitrogens is 2. The number of nitrogens with one attached hydrogen (secondary N) is 1. The van der Waals surface area contributed by atoms with Crippen LogP contribution in [0.4, 0.5) is 5.69 Å². The van der Waals surface area contributed by atoms with Crippen LogP contribution in [0.25, 0.3) is 11.8 Å². The standard InChI is InChI=1S/C29H28N4O12S2/c1-3-43-29(36)26-24(28(35)33(31-26)20-12-16-22(17-13-20)47(40,41)42)9-7-5-6-8-23-25(18-45-44-4-2)30-32(27(23)34)19-10-14-21(15-11-19)46(37,38)39/h5-17,30H,3-4,18H2,1-2H3,(H,37,38,39)(H,40,41,42). The number of aromatic amines is 1. The monoisotopic (exact) mass is 688 g/mol. The molecular formula is C29H28N4O12S2. The topological polar surface area (TPSA) is 224 Å². The first-order valence-electron chi connectivity index (χ1n) is 13.7. The normalized spacial score (nSPS) is 14.9. The van der Waals surface area contributed by atoms with Crippen molar-refractivity contribution in [2.45, 2.75) is 30.2 Å². The number of benzene rings is 2. The molecular weight excluding hydrogens is 660 g/mol. The highest BCUT2D eigenvalue weighted by Gasteiger charge is 2.35. The minimum absolute atomic E-state index is 0.00910. The number of rotatable bonds is 13. The third-order valence-electron chi connectivity index (χ3n) is 6.28. The van der Waals surface area contributed by atoms with Gasteiger partial charge in [0.1, 0.15) is 6.61 Å². The van der Waals surface area contributed by atoms with Gasteiger partial charge in [-0.3, -0.25) is 23.8 Å². The Bertz CT molecular complexity index is 2060. The third-order valence-corrected chi connectivity index (χ3v) is 8.01. The molecule has 248 valence electrons. The zero-order valence-electron chi connectivity index (χ0n) is 24.8. The number of allylic oxidation sites excluding steroid dienone is 4. The lowest BCUT2D eigenvalue weighted by Gasteiger charge is -2.11. The van der Waals surface area contributed by atoms with Crippen molar-refractivity contribution in [3.05, 3.63) is 100 Å². The van der Waals surface area contributed by atoms with Crippen molar-refractivity contribution in [3.8, 4) is 5.69 Å². The fraction of sp³-hybridized carbons (Fsp3) is 0.172. The lowest BCUT2D eigenvalue weighted by molar-refractivity contribution is -0.301. The summed E-state index contributed by atoms with van der Waals surface area (Å²) >= 11 is 0. The molecule has 0 aliphatic carbocycles. The van der Waals surface area contributed by atoms with Crippen LogP contribution < -0.4 is 10.6 Å². The molecule has 0 unspecified atom stereocenters. The van der Waals surface area contributed by atoms with Crippen LogP contribution in [0.3, 0.4) is 0 Å². The Morgan fingerprint density at radius 1 is 0.851 bits per heavy atom. The molecule has 3 N–H and O–H groups in total. The molecule has 1 aliphatic heterocycles. The number of carbonyl (C=O) groups is 2. The average Bonchev–Trinajstić information content (AvgIpc) is 3.52. The van der Waals surface area contributed by atoms with Crippen LogP contribution in [0, 0.1) is 0 Å². The summed E-state index contributed by atoms with van der Waals surface area (Å²) in [6, 6.07) is 9.51. The number of ether oxygens (including phenoxy) is 1. The van der Waals surface area contributed by atoms with Crippen LogP contribution in [0.15, 0.2) is 98.1 Å². The van der Waals surface area contributed by atoms with Gasteiger partial charge < -0.3 is 4.74 Å². The number of amides is 1. The average molecular weight is 689 g/mol. The van der Waals surface area contributed by atoms with Crippen molar-refractivity contribution < 1.29 is 50.0 Å². The Labute approximate surface area is 268 Å². The lowest BCUT2D eigenvalue weighted by Crippen LogP contribution is -2.22. The molecule has 16 nitrogen and oxygen atoms in total. The van der Waals surface area contributed by atoms with Gasteiger partial charge in [-0.25, -0.2) is 19.3 Å². The number of H-pyrrole nitrogens is 1.